The summed E-state index contributed by atoms with van der Waals surface area (Å²) in [6.07, 6.45) is 0.130. The number of hydrogen-bond acceptors (Lipinski definition) is 3. The molecule has 0 aliphatic carbocycles. The number of aromatic nitrogens is 2. The molecule has 0 bridgehead atoms. The monoisotopic (exact) mass is 275 g/mol. The fraction of sp³-hybridized carbons (Fsp3) is 0.357. The first-order chi connectivity index (χ1) is 9.28. The van der Waals surface area contributed by atoms with Crippen molar-refractivity contribution in [3.63, 3.8) is 0 Å². The summed E-state index contributed by atoms with van der Waals surface area (Å²) in [5.41, 5.74) is 1.24. The number of amides is 1. The number of carbonyl (C=O) groups is 2. The van der Waals surface area contributed by atoms with Crippen LogP contribution in [-0.2, 0) is 16.0 Å². The lowest BCUT2D eigenvalue weighted by Gasteiger charge is -2.20. The lowest BCUT2D eigenvalue weighted by atomic mass is 10.0. The number of nitrogens with zero attached hydrogens (tertiary/aromatic N) is 1. The molecule has 20 heavy (non-hydrogen) atoms. The average Bonchev–Trinajstić information content (AvgIpc) is 2.67. The zero-order valence-electron chi connectivity index (χ0n) is 11.7. The first-order valence-electron chi connectivity index (χ1n) is 6.27. The third kappa shape index (κ3) is 2.96. The van der Waals surface area contributed by atoms with Crippen molar-refractivity contribution in [2.45, 2.75) is 32.7 Å². The number of carboxylic acids is 1. The topological polar surface area (TPSA) is 95.1 Å². The van der Waals surface area contributed by atoms with Gasteiger partial charge in [-0.2, -0.15) is 0 Å². The molecule has 1 heterocycles. The minimum atomic E-state index is -1.27. The molecule has 1 aromatic carbocycles. The molecule has 6 nitrogen and oxygen atoms in total. The average molecular weight is 275 g/mol. The molecule has 0 saturated carbocycles. The first-order valence-corrected chi connectivity index (χ1v) is 6.27. The predicted octanol–water partition coefficient (Wildman–Crippen LogP) is 1.39. The molecule has 2 aromatic rings. The molecule has 1 aromatic heterocycles. The molecule has 3 N–H and O–H groups in total. The van der Waals surface area contributed by atoms with E-state index in [1.165, 1.54) is 13.8 Å². The van der Waals surface area contributed by atoms with Crippen LogP contribution in [-0.4, -0.2) is 32.5 Å². The number of aromatic amines is 1. The number of fused-ring (bicyclic) bond motifs is 1. The zero-order chi connectivity index (χ0) is 14.9. The van der Waals surface area contributed by atoms with E-state index >= 15 is 0 Å². The van der Waals surface area contributed by atoms with Gasteiger partial charge in [-0.25, -0.2) is 9.78 Å². The van der Waals surface area contributed by atoms with Crippen molar-refractivity contribution in [2.75, 3.05) is 0 Å². The number of aliphatic carboxylic acids is 1. The van der Waals surface area contributed by atoms with Crippen molar-refractivity contribution in [3.8, 4) is 0 Å². The van der Waals surface area contributed by atoms with Gasteiger partial charge in [-0.1, -0.05) is 6.07 Å². The van der Waals surface area contributed by atoms with Crippen molar-refractivity contribution in [1.29, 1.82) is 0 Å². The van der Waals surface area contributed by atoms with Crippen LogP contribution in [0.15, 0.2) is 18.2 Å². The number of imidazole rings is 1. The van der Waals surface area contributed by atoms with Gasteiger partial charge in [-0.05, 0) is 38.5 Å². The Morgan fingerprint density at radius 2 is 2.10 bits per heavy atom. The number of benzene rings is 1. The SMILES string of the molecule is Cc1nc2ccc(CC(=O)NC(C)(C)C(=O)O)cc2[nH]1. The van der Waals surface area contributed by atoms with Crippen molar-refractivity contribution in [2.24, 2.45) is 0 Å². The highest BCUT2D eigenvalue weighted by molar-refractivity contribution is 5.88. The molecule has 0 spiro atoms. The minimum Gasteiger partial charge on any atom is -0.480 e. The molecule has 0 radical (unpaired) electrons. The second-order valence-corrected chi connectivity index (χ2v) is 5.33. The summed E-state index contributed by atoms with van der Waals surface area (Å²) in [5.74, 6) is -0.577. The lowest BCUT2D eigenvalue weighted by Crippen LogP contribution is -2.50. The van der Waals surface area contributed by atoms with Crippen LogP contribution >= 0.6 is 0 Å². The number of carbonyl (C=O) groups excluding carboxylic acids is 1. The number of rotatable bonds is 4. The highest BCUT2D eigenvalue weighted by Crippen LogP contribution is 2.14. The number of nitrogens with one attached hydrogen (secondary N) is 2. The predicted molar refractivity (Wildman–Crippen MR) is 74.4 cm³/mol. The van der Waals surface area contributed by atoms with Gasteiger partial charge >= 0.3 is 5.97 Å². The quantitative estimate of drug-likeness (QED) is 0.785. The minimum absolute atomic E-state index is 0.130. The molecule has 0 fully saturated rings. The molecule has 0 aliphatic heterocycles. The van der Waals surface area contributed by atoms with Gasteiger partial charge in [0, 0.05) is 0 Å². The van der Waals surface area contributed by atoms with E-state index in [4.69, 9.17) is 5.11 Å². The van der Waals surface area contributed by atoms with Crippen molar-refractivity contribution < 1.29 is 14.7 Å². The van der Waals surface area contributed by atoms with Gasteiger partial charge in [-0.3, -0.25) is 4.79 Å². The van der Waals surface area contributed by atoms with Crippen molar-refractivity contribution in [3.05, 3.63) is 29.6 Å². The van der Waals surface area contributed by atoms with E-state index in [1.807, 2.05) is 25.1 Å². The Kier molecular flexibility index (Phi) is 3.48. The van der Waals surface area contributed by atoms with E-state index in [2.05, 4.69) is 15.3 Å². The molecular formula is C14H17N3O3. The molecule has 6 heteroatoms. The van der Waals surface area contributed by atoms with Crippen LogP contribution in [0.4, 0.5) is 0 Å². The van der Waals surface area contributed by atoms with Gasteiger partial charge in [0.15, 0.2) is 0 Å². The summed E-state index contributed by atoms with van der Waals surface area (Å²) in [4.78, 5) is 30.2. The molecule has 1 amide bonds. The molecule has 2 rings (SSSR count). The third-order valence-corrected chi connectivity index (χ3v) is 3.02. The second-order valence-electron chi connectivity index (χ2n) is 5.33. The van der Waals surface area contributed by atoms with Gasteiger partial charge in [0.2, 0.25) is 5.91 Å². The molecule has 0 atom stereocenters. The highest BCUT2D eigenvalue weighted by Gasteiger charge is 2.28. The van der Waals surface area contributed by atoms with Gasteiger partial charge in [-0.15, -0.1) is 0 Å². The Balaban J connectivity index is 2.11. The van der Waals surface area contributed by atoms with E-state index in [0.717, 1.165) is 22.4 Å². The number of carboxylic acid groups (broad SMARTS) is 1. The summed E-state index contributed by atoms with van der Waals surface area (Å²) in [7, 11) is 0. The summed E-state index contributed by atoms with van der Waals surface area (Å²) in [6, 6.07) is 5.50. The van der Waals surface area contributed by atoms with Gasteiger partial charge in [0.1, 0.15) is 11.4 Å². The van der Waals surface area contributed by atoms with E-state index in [9.17, 15) is 9.59 Å². The molecule has 0 unspecified atom stereocenters. The number of H-pyrrole nitrogens is 1. The zero-order valence-corrected chi connectivity index (χ0v) is 11.7. The Labute approximate surface area is 116 Å². The fourth-order valence-corrected chi connectivity index (χ4v) is 1.93. The number of aryl methyl sites for hydroxylation is 1. The van der Waals surface area contributed by atoms with E-state index in [0.29, 0.717) is 0 Å². The number of hydrogen-bond donors (Lipinski definition) is 3. The maximum atomic E-state index is 11.9. The van der Waals surface area contributed by atoms with Crippen LogP contribution in [0.2, 0.25) is 0 Å². The van der Waals surface area contributed by atoms with E-state index in [-0.39, 0.29) is 12.3 Å². The second kappa shape index (κ2) is 4.96. The molecular weight excluding hydrogens is 258 g/mol. The van der Waals surface area contributed by atoms with Crippen molar-refractivity contribution in [1.82, 2.24) is 15.3 Å². The first kappa shape index (κ1) is 14.0. The Morgan fingerprint density at radius 1 is 1.40 bits per heavy atom. The van der Waals surface area contributed by atoms with Crippen LogP contribution in [0.1, 0.15) is 25.2 Å². The molecule has 0 aliphatic rings. The van der Waals surface area contributed by atoms with Crippen LogP contribution in [0, 0.1) is 6.92 Å². The largest absolute Gasteiger partial charge is 0.480 e. The van der Waals surface area contributed by atoms with Gasteiger partial charge in [0.05, 0.1) is 17.5 Å². The van der Waals surface area contributed by atoms with E-state index in [1.54, 1.807) is 0 Å². The maximum absolute atomic E-state index is 11.9. The normalized spacial score (nSPS) is 11.6. The van der Waals surface area contributed by atoms with Gasteiger partial charge in [0.25, 0.3) is 0 Å². The summed E-state index contributed by atoms with van der Waals surface area (Å²) in [6.45, 7) is 4.77. The van der Waals surface area contributed by atoms with Crippen LogP contribution in [0.5, 0.6) is 0 Å². The summed E-state index contributed by atoms with van der Waals surface area (Å²) in [5, 5.41) is 11.5. The standard InChI is InChI=1S/C14H17N3O3/c1-8-15-10-5-4-9(6-11(10)16-8)7-12(18)17-14(2,3)13(19)20/h4-6H,7H2,1-3H3,(H,15,16)(H,17,18)(H,19,20). The lowest BCUT2D eigenvalue weighted by molar-refractivity contribution is -0.145. The van der Waals surface area contributed by atoms with E-state index < -0.39 is 11.5 Å². The Morgan fingerprint density at radius 3 is 2.75 bits per heavy atom. The van der Waals surface area contributed by atoms with Crippen LogP contribution in [0.25, 0.3) is 11.0 Å². The Hall–Kier alpha value is -2.37. The van der Waals surface area contributed by atoms with Crippen LogP contribution in [0.3, 0.4) is 0 Å². The summed E-state index contributed by atoms with van der Waals surface area (Å²) < 4.78 is 0. The highest BCUT2D eigenvalue weighted by atomic mass is 16.4. The van der Waals surface area contributed by atoms with Gasteiger partial charge < -0.3 is 15.4 Å². The molecule has 106 valence electrons. The Bertz CT molecular complexity index is 673. The van der Waals surface area contributed by atoms with Crippen LogP contribution < -0.4 is 5.32 Å². The maximum Gasteiger partial charge on any atom is 0.328 e. The summed E-state index contributed by atoms with van der Waals surface area (Å²) >= 11 is 0. The fourth-order valence-electron chi connectivity index (χ4n) is 1.93. The smallest absolute Gasteiger partial charge is 0.328 e. The molecule has 0 saturated heterocycles. The third-order valence-electron chi connectivity index (χ3n) is 3.02. The van der Waals surface area contributed by atoms with Crippen molar-refractivity contribution >= 4 is 22.9 Å².